The first-order valence-electron chi connectivity index (χ1n) is 21.5. The van der Waals surface area contributed by atoms with Gasteiger partial charge in [0.2, 0.25) is 0 Å². The topological polar surface area (TPSA) is 40.7 Å². The Morgan fingerprint density at radius 3 is 1.03 bits per heavy atom. The van der Waals surface area contributed by atoms with Crippen LogP contribution in [0.2, 0.25) is 0 Å². The lowest BCUT2D eigenvalue weighted by atomic mass is 10.0. The maximum absolute atomic E-state index is 5.66. The quantitative estimate of drug-likeness (QED) is 0.102. The molecule has 0 fully saturated rings. The number of para-hydroxylation sites is 2. The molecule has 0 saturated heterocycles. The number of hydrogen-bond acceptors (Lipinski definition) is 7. The average Bonchev–Trinajstić information content (AvgIpc) is 3.37. The summed E-state index contributed by atoms with van der Waals surface area (Å²) in [7, 11) is 5.12. The van der Waals surface area contributed by atoms with Crippen molar-refractivity contribution in [2.24, 2.45) is 0 Å². The molecule has 0 amide bonds. The molecule has 0 spiro atoms. The minimum absolute atomic E-state index is 0.147. The fourth-order valence-corrected chi connectivity index (χ4v) is 8.31. The Hall–Kier alpha value is -8.16. The molecule has 0 radical (unpaired) electrons. The van der Waals surface area contributed by atoms with E-state index in [1.165, 1.54) is 0 Å². The third kappa shape index (κ3) is 8.92. The highest BCUT2D eigenvalue weighted by atomic mass is 16.5. The molecule has 9 rings (SSSR count). The van der Waals surface area contributed by atoms with E-state index in [-0.39, 0.29) is 6.04 Å². The minimum Gasteiger partial charge on any atom is -0.497 e. The molecule has 0 heterocycles. The highest BCUT2D eigenvalue weighted by Gasteiger charge is 2.22. The van der Waals surface area contributed by atoms with Gasteiger partial charge in [-0.25, -0.2) is 0 Å². The molecule has 0 aromatic heterocycles. The van der Waals surface area contributed by atoms with Crippen LogP contribution in [0, 0.1) is 0 Å². The summed E-state index contributed by atoms with van der Waals surface area (Å²) in [6.07, 6.45) is 9.62. The molecular formula is C57H50N4O3. The molecule has 0 aliphatic heterocycles. The largest absolute Gasteiger partial charge is 0.497 e. The smallest absolute Gasteiger partial charge is 0.120 e. The van der Waals surface area contributed by atoms with Crippen LogP contribution in [0.25, 0.3) is 0 Å². The third-order valence-electron chi connectivity index (χ3n) is 11.4. The van der Waals surface area contributed by atoms with Crippen molar-refractivity contribution in [3.8, 4) is 17.2 Å². The van der Waals surface area contributed by atoms with Gasteiger partial charge in [-0.3, -0.25) is 0 Å². The van der Waals surface area contributed by atoms with E-state index in [4.69, 9.17) is 14.2 Å². The van der Waals surface area contributed by atoms with E-state index in [2.05, 4.69) is 202 Å². The second kappa shape index (κ2) is 19.3. The lowest BCUT2D eigenvalue weighted by molar-refractivity contribution is 0.414. The van der Waals surface area contributed by atoms with Gasteiger partial charge in [-0.1, -0.05) is 78.9 Å². The number of hydrogen-bond donors (Lipinski definition) is 0. The van der Waals surface area contributed by atoms with Crippen LogP contribution >= 0.6 is 0 Å². The summed E-state index contributed by atoms with van der Waals surface area (Å²) in [4.78, 5) is 9.19. The Labute approximate surface area is 376 Å². The van der Waals surface area contributed by atoms with Gasteiger partial charge in [0.25, 0.3) is 0 Å². The summed E-state index contributed by atoms with van der Waals surface area (Å²) >= 11 is 0. The molecule has 7 nitrogen and oxygen atoms in total. The first-order chi connectivity index (χ1) is 31.6. The number of nitrogens with zero attached hydrogens (tertiary/aromatic N) is 4. The fraction of sp³-hybridized carbons (Fsp3) is 0.0877. The fourth-order valence-electron chi connectivity index (χ4n) is 8.31. The molecule has 0 saturated carbocycles. The molecule has 7 heteroatoms. The number of benzene rings is 8. The summed E-state index contributed by atoms with van der Waals surface area (Å²) in [6.45, 7) is 0. The van der Waals surface area contributed by atoms with Crippen molar-refractivity contribution in [3.05, 3.63) is 231 Å². The van der Waals surface area contributed by atoms with Crippen LogP contribution in [0.15, 0.2) is 231 Å². The van der Waals surface area contributed by atoms with Crippen molar-refractivity contribution in [3.63, 3.8) is 0 Å². The number of rotatable bonds is 15. The van der Waals surface area contributed by atoms with Gasteiger partial charge in [0.1, 0.15) is 17.2 Å². The zero-order valence-corrected chi connectivity index (χ0v) is 36.2. The maximum Gasteiger partial charge on any atom is 0.120 e. The van der Waals surface area contributed by atoms with Crippen molar-refractivity contribution in [1.82, 2.24) is 0 Å². The number of allylic oxidation sites excluding steroid dienone is 2. The van der Waals surface area contributed by atoms with E-state index < -0.39 is 0 Å². The van der Waals surface area contributed by atoms with Crippen LogP contribution in [-0.2, 0) is 0 Å². The van der Waals surface area contributed by atoms with E-state index in [9.17, 15) is 0 Å². The van der Waals surface area contributed by atoms with Gasteiger partial charge in [-0.2, -0.15) is 0 Å². The highest BCUT2D eigenvalue weighted by molar-refractivity contribution is 5.84. The van der Waals surface area contributed by atoms with E-state index in [1.54, 1.807) is 21.3 Å². The molecule has 64 heavy (non-hydrogen) atoms. The Kier molecular flexibility index (Phi) is 12.4. The number of methoxy groups -OCH3 is 3. The normalized spacial score (nSPS) is 12.9. The van der Waals surface area contributed by atoms with Crippen molar-refractivity contribution in [2.75, 3.05) is 40.9 Å². The van der Waals surface area contributed by atoms with Gasteiger partial charge in [-0.15, -0.1) is 0 Å². The van der Waals surface area contributed by atoms with Crippen LogP contribution in [0.4, 0.5) is 62.6 Å². The molecule has 1 aliphatic carbocycles. The zero-order valence-electron chi connectivity index (χ0n) is 36.2. The summed E-state index contributed by atoms with van der Waals surface area (Å²) in [6, 6.07) is 72.0. The maximum atomic E-state index is 5.66. The summed E-state index contributed by atoms with van der Waals surface area (Å²) in [5.74, 6) is 2.42. The average molecular weight is 839 g/mol. The molecule has 8 aromatic carbocycles. The monoisotopic (exact) mass is 838 g/mol. The van der Waals surface area contributed by atoms with Gasteiger partial charge < -0.3 is 33.8 Å². The standard InChI is InChI=1S/C57H50N4O3/c1-62-55-25-13-22-52(40-55)59(43-16-7-4-8-17-43)49-34-28-46(29-35-49)58(47-30-36-50(37-31-47)60(44-18-9-5-10-19-44)53-23-14-26-56(41-53)63-2)48-32-38-51(39-33-48)61(45-20-11-6-12-21-45)54-24-15-27-57(42-54)64-3/h4-20,22-42,45H,21H2,1-3H3. The third-order valence-corrected chi connectivity index (χ3v) is 11.4. The van der Waals surface area contributed by atoms with Crippen LogP contribution in [-0.4, -0.2) is 27.4 Å². The summed E-state index contributed by atoms with van der Waals surface area (Å²) in [5.41, 5.74) is 11.4. The van der Waals surface area contributed by atoms with Crippen LogP contribution in [0.5, 0.6) is 17.2 Å². The zero-order chi connectivity index (χ0) is 43.7. The van der Waals surface area contributed by atoms with E-state index in [0.717, 1.165) is 86.2 Å². The molecule has 1 unspecified atom stereocenters. The van der Waals surface area contributed by atoms with Crippen LogP contribution < -0.4 is 33.8 Å². The SMILES string of the molecule is COc1cccc(N(c2ccccc2)c2ccc(N(c3ccc(N(c4ccccc4)c4cccc(OC)c4)cc3)c3ccc(N(c4cccc(OC)c4)C4C=CC=CC4)cc3)cc2)c1. The highest BCUT2D eigenvalue weighted by Crippen LogP contribution is 2.43. The molecule has 316 valence electrons. The Bertz CT molecular complexity index is 2690. The van der Waals surface area contributed by atoms with Crippen molar-refractivity contribution in [2.45, 2.75) is 12.5 Å². The molecule has 8 aromatic rings. The second-order valence-electron chi connectivity index (χ2n) is 15.3. The minimum atomic E-state index is 0.147. The predicted octanol–water partition coefficient (Wildman–Crippen LogP) is 15.1. The van der Waals surface area contributed by atoms with Gasteiger partial charge >= 0.3 is 0 Å². The number of anilines is 11. The van der Waals surface area contributed by atoms with Crippen molar-refractivity contribution in [1.29, 1.82) is 0 Å². The number of ether oxygens (including phenoxy) is 3. The Morgan fingerprint density at radius 1 is 0.328 bits per heavy atom. The molecule has 1 aliphatic rings. The lowest BCUT2D eigenvalue weighted by Gasteiger charge is -2.33. The van der Waals surface area contributed by atoms with E-state index in [1.807, 2.05) is 48.5 Å². The van der Waals surface area contributed by atoms with E-state index >= 15 is 0 Å². The molecule has 0 N–H and O–H groups in total. The molecule has 0 bridgehead atoms. The Morgan fingerprint density at radius 2 is 0.656 bits per heavy atom. The molecular weight excluding hydrogens is 789 g/mol. The molecule has 1 atom stereocenters. The van der Waals surface area contributed by atoms with Crippen LogP contribution in [0.3, 0.4) is 0 Å². The van der Waals surface area contributed by atoms with Crippen molar-refractivity contribution >= 4 is 62.6 Å². The summed E-state index contributed by atoms with van der Waals surface area (Å²) < 4.78 is 17.0. The lowest BCUT2D eigenvalue weighted by Crippen LogP contribution is -2.29. The first kappa shape index (κ1) is 41.2. The van der Waals surface area contributed by atoms with E-state index in [0.29, 0.717) is 0 Å². The Balaban J connectivity index is 1.13. The summed E-state index contributed by atoms with van der Waals surface area (Å²) in [5, 5.41) is 0. The van der Waals surface area contributed by atoms with Gasteiger partial charge in [0.15, 0.2) is 0 Å². The van der Waals surface area contributed by atoms with Crippen LogP contribution in [0.1, 0.15) is 6.42 Å². The van der Waals surface area contributed by atoms with Gasteiger partial charge in [-0.05, 0) is 140 Å². The van der Waals surface area contributed by atoms with Crippen molar-refractivity contribution < 1.29 is 14.2 Å². The van der Waals surface area contributed by atoms with Gasteiger partial charge in [0, 0.05) is 80.8 Å². The second-order valence-corrected chi connectivity index (χ2v) is 15.3. The van der Waals surface area contributed by atoms with Gasteiger partial charge in [0.05, 0.1) is 27.4 Å². The predicted molar refractivity (Wildman–Crippen MR) is 265 cm³/mol. The first-order valence-corrected chi connectivity index (χ1v) is 21.5.